The van der Waals surface area contributed by atoms with Gasteiger partial charge in [-0.3, -0.25) is 9.69 Å². The standard InChI is InChI=1S/C25H32FN3O3/c1-28(25(31)27-15-19-3-5-21(6-4-19)18-32-2)16-20-11-13-29(14-12-20)17-24(30)22-7-9-23(26)10-8-22/h3-10,20H,11-18H2,1-2H3,(H,27,31). The van der Waals surface area contributed by atoms with Gasteiger partial charge < -0.3 is 15.0 Å². The zero-order valence-electron chi connectivity index (χ0n) is 18.9. The molecular weight excluding hydrogens is 409 g/mol. The smallest absolute Gasteiger partial charge is 0.317 e. The average Bonchev–Trinajstić information content (AvgIpc) is 2.80. The van der Waals surface area contributed by atoms with Gasteiger partial charge in [-0.05, 0) is 67.2 Å². The summed E-state index contributed by atoms with van der Waals surface area (Å²) in [5.41, 5.74) is 2.69. The fraction of sp³-hybridized carbons (Fsp3) is 0.440. The number of rotatable bonds is 9. The van der Waals surface area contributed by atoms with E-state index in [-0.39, 0.29) is 17.6 Å². The Kier molecular flexibility index (Phi) is 8.76. The van der Waals surface area contributed by atoms with Gasteiger partial charge in [0.05, 0.1) is 13.2 Å². The van der Waals surface area contributed by atoms with Crippen LogP contribution in [0.5, 0.6) is 0 Å². The third-order valence-electron chi connectivity index (χ3n) is 5.90. The van der Waals surface area contributed by atoms with Crippen LogP contribution < -0.4 is 5.32 Å². The van der Waals surface area contributed by atoms with E-state index in [0.29, 0.717) is 37.7 Å². The molecule has 2 aromatic rings. The minimum Gasteiger partial charge on any atom is -0.380 e. The summed E-state index contributed by atoms with van der Waals surface area (Å²) in [4.78, 5) is 28.7. The number of amides is 2. The Morgan fingerprint density at radius 3 is 2.31 bits per heavy atom. The lowest BCUT2D eigenvalue weighted by molar-refractivity contribution is 0.0886. The number of halogens is 1. The van der Waals surface area contributed by atoms with Gasteiger partial charge in [0, 0.05) is 32.8 Å². The predicted octanol–water partition coefficient (Wildman–Crippen LogP) is 3.71. The first kappa shape index (κ1) is 23.9. The molecule has 6 nitrogen and oxygen atoms in total. The van der Waals surface area contributed by atoms with Crippen LogP contribution in [-0.2, 0) is 17.9 Å². The number of ether oxygens (including phenoxy) is 1. The summed E-state index contributed by atoms with van der Waals surface area (Å²) in [6.07, 6.45) is 1.88. The van der Waals surface area contributed by atoms with Crippen LogP contribution in [0.2, 0.25) is 0 Å². The molecule has 1 aliphatic heterocycles. The first-order chi connectivity index (χ1) is 15.4. The lowest BCUT2D eigenvalue weighted by Crippen LogP contribution is -2.43. The quantitative estimate of drug-likeness (QED) is 0.603. The van der Waals surface area contributed by atoms with Gasteiger partial charge in [0.25, 0.3) is 0 Å². The molecule has 7 heteroatoms. The van der Waals surface area contributed by atoms with Crippen LogP contribution in [0.1, 0.15) is 34.3 Å². The van der Waals surface area contributed by atoms with E-state index in [4.69, 9.17) is 4.74 Å². The number of hydrogen-bond donors (Lipinski definition) is 1. The van der Waals surface area contributed by atoms with E-state index in [1.807, 2.05) is 31.3 Å². The number of piperidine rings is 1. The van der Waals surface area contributed by atoms with Crippen molar-refractivity contribution < 1.29 is 18.7 Å². The van der Waals surface area contributed by atoms with E-state index < -0.39 is 0 Å². The highest BCUT2D eigenvalue weighted by Crippen LogP contribution is 2.19. The van der Waals surface area contributed by atoms with Crippen molar-refractivity contribution in [3.05, 3.63) is 71.0 Å². The molecule has 1 fully saturated rings. The van der Waals surface area contributed by atoms with Gasteiger partial charge in [-0.25, -0.2) is 9.18 Å². The van der Waals surface area contributed by atoms with Gasteiger partial charge in [0.15, 0.2) is 5.78 Å². The maximum atomic E-state index is 13.0. The molecule has 0 unspecified atom stereocenters. The second-order valence-electron chi connectivity index (χ2n) is 8.44. The zero-order valence-corrected chi connectivity index (χ0v) is 18.9. The van der Waals surface area contributed by atoms with Crippen molar-refractivity contribution in [2.24, 2.45) is 5.92 Å². The van der Waals surface area contributed by atoms with Crippen LogP contribution in [-0.4, -0.2) is 62.0 Å². The minimum absolute atomic E-state index is 0.00944. The zero-order chi connectivity index (χ0) is 22.9. The molecule has 0 atom stereocenters. The SMILES string of the molecule is COCc1ccc(CNC(=O)N(C)CC2CCN(CC(=O)c3ccc(F)cc3)CC2)cc1. The van der Waals surface area contributed by atoms with E-state index >= 15 is 0 Å². The molecule has 2 aromatic carbocycles. The summed E-state index contributed by atoms with van der Waals surface area (Å²) < 4.78 is 18.1. The number of carbonyl (C=O) groups excluding carboxylic acids is 2. The molecule has 1 heterocycles. The fourth-order valence-electron chi connectivity index (χ4n) is 3.96. The topological polar surface area (TPSA) is 61.9 Å². The Bertz CT molecular complexity index is 878. The van der Waals surface area contributed by atoms with Crippen molar-refractivity contribution >= 4 is 11.8 Å². The van der Waals surface area contributed by atoms with Gasteiger partial charge in [-0.2, -0.15) is 0 Å². The summed E-state index contributed by atoms with van der Waals surface area (Å²) >= 11 is 0. The lowest BCUT2D eigenvalue weighted by atomic mass is 9.96. The molecule has 172 valence electrons. The van der Waals surface area contributed by atoms with Crippen molar-refractivity contribution in [3.8, 4) is 0 Å². The number of hydrogen-bond acceptors (Lipinski definition) is 4. The molecule has 0 bridgehead atoms. The van der Waals surface area contributed by atoms with Crippen LogP contribution in [0.25, 0.3) is 0 Å². The molecule has 1 saturated heterocycles. The first-order valence-corrected chi connectivity index (χ1v) is 11.0. The molecule has 0 saturated carbocycles. The van der Waals surface area contributed by atoms with Crippen LogP contribution in [0.3, 0.4) is 0 Å². The number of benzene rings is 2. The normalized spacial score (nSPS) is 14.8. The van der Waals surface area contributed by atoms with E-state index in [1.54, 1.807) is 12.0 Å². The van der Waals surface area contributed by atoms with Gasteiger partial charge >= 0.3 is 6.03 Å². The van der Waals surface area contributed by atoms with Crippen molar-refractivity contribution in [2.45, 2.75) is 26.0 Å². The maximum absolute atomic E-state index is 13.0. The van der Waals surface area contributed by atoms with Crippen molar-refractivity contribution in [3.63, 3.8) is 0 Å². The Labute approximate surface area is 189 Å². The van der Waals surface area contributed by atoms with Crippen LogP contribution >= 0.6 is 0 Å². The number of nitrogens with one attached hydrogen (secondary N) is 1. The van der Waals surface area contributed by atoms with Crippen LogP contribution in [0.15, 0.2) is 48.5 Å². The molecule has 1 N–H and O–H groups in total. The number of nitrogens with zero attached hydrogens (tertiary/aromatic N) is 2. The van der Waals surface area contributed by atoms with Gasteiger partial charge in [0.1, 0.15) is 5.82 Å². The monoisotopic (exact) mass is 441 g/mol. The van der Waals surface area contributed by atoms with Gasteiger partial charge in [-0.15, -0.1) is 0 Å². The van der Waals surface area contributed by atoms with Gasteiger partial charge in [0.2, 0.25) is 0 Å². The Morgan fingerprint density at radius 1 is 1.06 bits per heavy atom. The highest BCUT2D eigenvalue weighted by atomic mass is 19.1. The summed E-state index contributed by atoms with van der Waals surface area (Å²) in [5.74, 6) is 0.0851. The molecule has 3 rings (SSSR count). The molecule has 0 spiro atoms. The summed E-state index contributed by atoms with van der Waals surface area (Å²) in [6.45, 7) is 3.74. The molecule has 0 aromatic heterocycles. The second-order valence-corrected chi connectivity index (χ2v) is 8.44. The first-order valence-electron chi connectivity index (χ1n) is 11.0. The number of methoxy groups -OCH3 is 1. The second kappa shape index (κ2) is 11.7. The number of ketones is 1. The molecule has 0 radical (unpaired) electrons. The van der Waals surface area contributed by atoms with E-state index in [1.165, 1.54) is 24.3 Å². The minimum atomic E-state index is -0.337. The Balaban J connectivity index is 1.37. The van der Waals surface area contributed by atoms with Crippen LogP contribution in [0, 0.1) is 11.7 Å². The summed E-state index contributed by atoms with van der Waals surface area (Å²) in [6, 6.07) is 13.6. The van der Waals surface area contributed by atoms with Crippen molar-refractivity contribution in [1.29, 1.82) is 0 Å². The maximum Gasteiger partial charge on any atom is 0.317 e. The number of carbonyl (C=O) groups is 2. The molecule has 0 aliphatic carbocycles. The number of likely N-dealkylation sites (tertiary alicyclic amines) is 1. The van der Waals surface area contributed by atoms with Gasteiger partial charge in [-0.1, -0.05) is 24.3 Å². The van der Waals surface area contributed by atoms with E-state index in [0.717, 1.165) is 37.1 Å². The van der Waals surface area contributed by atoms with E-state index in [2.05, 4.69) is 10.2 Å². The predicted molar refractivity (Wildman–Crippen MR) is 122 cm³/mol. The Hall–Kier alpha value is -2.77. The average molecular weight is 442 g/mol. The summed E-state index contributed by atoms with van der Waals surface area (Å²) in [5, 5.41) is 2.97. The molecular formula is C25H32FN3O3. The summed E-state index contributed by atoms with van der Waals surface area (Å²) in [7, 11) is 3.49. The highest BCUT2D eigenvalue weighted by Gasteiger charge is 2.23. The molecule has 2 amide bonds. The van der Waals surface area contributed by atoms with Crippen molar-refractivity contribution in [1.82, 2.24) is 15.1 Å². The third kappa shape index (κ3) is 7.14. The molecule has 1 aliphatic rings. The Morgan fingerprint density at radius 2 is 1.69 bits per heavy atom. The molecule has 32 heavy (non-hydrogen) atoms. The number of Topliss-reactive ketones (excluding diaryl/α,β-unsaturated/α-hetero) is 1. The van der Waals surface area contributed by atoms with Crippen LogP contribution in [0.4, 0.5) is 9.18 Å². The van der Waals surface area contributed by atoms with Crippen molar-refractivity contribution in [2.75, 3.05) is 40.3 Å². The van der Waals surface area contributed by atoms with E-state index in [9.17, 15) is 14.0 Å². The highest BCUT2D eigenvalue weighted by molar-refractivity contribution is 5.97. The lowest BCUT2D eigenvalue weighted by Gasteiger charge is -2.33. The largest absolute Gasteiger partial charge is 0.380 e. The fourth-order valence-corrected chi connectivity index (χ4v) is 3.96. The number of urea groups is 1. The third-order valence-corrected chi connectivity index (χ3v) is 5.90.